The highest BCUT2D eigenvalue weighted by Gasteiger charge is 2.23. The molecule has 1 aromatic carbocycles. The van der Waals surface area contributed by atoms with Crippen LogP contribution < -0.4 is 20.5 Å². The zero-order chi connectivity index (χ0) is 25.3. The molecular weight excluding hydrogens is 432 g/mol. The zero-order valence-electron chi connectivity index (χ0n) is 22.0. The van der Waals surface area contributed by atoms with Crippen molar-refractivity contribution in [2.45, 2.75) is 84.3 Å². The largest absolute Gasteiger partial charge is 0.493 e. The number of hydrogen-bond acceptors (Lipinski definition) is 6. The Hall–Kier alpha value is -1.83. The van der Waals surface area contributed by atoms with Crippen molar-refractivity contribution in [1.82, 2.24) is 5.32 Å². The van der Waals surface area contributed by atoms with E-state index >= 15 is 0 Å². The van der Waals surface area contributed by atoms with Crippen LogP contribution in [0.2, 0.25) is 0 Å². The van der Waals surface area contributed by atoms with Crippen LogP contribution in [0.15, 0.2) is 18.2 Å². The Kier molecular flexibility index (Phi) is 15.6. The van der Waals surface area contributed by atoms with Crippen molar-refractivity contribution in [2.75, 3.05) is 34.0 Å². The van der Waals surface area contributed by atoms with Crippen LogP contribution in [0.5, 0.6) is 11.5 Å². The number of methoxy groups -OCH3 is 2. The topological polar surface area (TPSA) is 103 Å². The van der Waals surface area contributed by atoms with E-state index in [1.54, 1.807) is 14.2 Å². The first-order valence-electron chi connectivity index (χ1n) is 12.8. The minimum Gasteiger partial charge on any atom is -0.493 e. The molecule has 7 heteroatoms. The van der Waals surface area contributed by atoms with E-state index in [1.807, 2.05) is 12.1 Å². The summed E-state index contributed by atoms with van der Waals surface area (Å²) in [7, 11) is 3.32. The zero-order valence-corrected chi connectivity index (χ0v) is 22.0. The predicted octanol–water partition coefficient (Wildman–Crippen LogP) is 4.09. The molecule has 34 heavy (non-hydrogen) atoms. The number of aliphatic hydroxyl groups is 1. The molecule has 3 unspecified atom stereocenters. The molecule has 0 aromatic heterocycles. The second-order valence-electron chi connectivity index (χ2n) is 9.47. The minimum absolute atomic E-state index is 0.0148. The van der Waals surface area contributed by atoms with Gasteiger partial charge >= 0.3 is 0 Å². The molecule has 0 spiro atoms. The molecular formula is C27H48N2O5. The molecule has 1 amide bonds. The maximum atomic E-state index is 12.0. The van der Waals surface area contributed by atoms with Crippen molar-refractivity contribution >= 4 is 5.91 Å². The summed E-state index contributed by atoms with van der Waals surface area (Å²) in [5, 5.41) is 13.4. The molecule has 0 saturated carbocycles. The van der Waals surface area contributed by atoms with E-state index in [4.69, 9.17) is 19.9 Å². The molecule has 0 saturated heterocycles. The standard InChI is InChI=1S/C27H48N2O5/c1-6-7-8-9-11-27(31)29-19-24(30)23(28)18-22(20(2)3)16-21-12-13-25(33-5)26(17-21)34-15-10-14-32-4/h12-13,17,20,22-24,30H,6-11,14-16,18-19,28H2,1-5H3,(H,29,31). The summed E-state index contributed by atoms with van der Waals surface area (Å²) in [5.74, 6) is 2.09. The SMILES string of the molecule is CCCCCCC(=O)NCC(O)C(N)CC(Cc1ccc(OC)c(OCCCOC)c1)C(C)C. The molecule has 0 heterocycles. The summed E-state index contributed by atoms with van der Waals surface area (Å²) in [6.45, 7) is 7.90. The fourth-order valence-electron chi connectivity index (χ4n) is 3.92. The van der Waals surface area contributed by atoms with E-state index in [-0.39, 0.29) is 18.4 Å². The Morgan fingerprint density at radius 1 is 1.09 bits per heavy atom. The van der Waals surface area contributed by atoms with E-state index in [2.05, 4.69) is 32.2 Å². The number of nitrogens with one attached hydrogen (secondary N) is 1. The molecule has 1 aromatic rings. The molecule has 0 aliphatic rings. The maximum absolute atomic E-state index is 12.0. The number of carbonyl (C=O) groups is 1. The van der Waals surface area contributed by atoms with E-state index < -0.39 is 12.1 Å². The fraction of sp³-hybridized carbons (Fsp3) is 0.741. The first kappa shape index (κ1) is 30.2. The van der Waals surface area contributed by atoms with Gasteiger partial charge in [-0.1, -0.05) is 46.1 Å². The van der Waals surface area contributed by atoms with E-state index in [0.717, 1.165) is 49.8 Å². The second kappa shape index (κ2) is 17.6. The molecule has 1 rings (SSSR count). The quantitative estimate of drug-likeness (QED) is 0.258. The Balaban J connectivity index is 2.63. The summed E-state index contributed by atoms with van der Waals surface area (Å²) in [6.07, 6.45) is 6.27. The molecule has 0 fully saturated rings. The number of benzene rings is 1. The van der Waals surface area contributed by atoms with Gasteiger partial charge in [-0.2, -0.15) is 0 Å². The van der Waals surface area contributed by atoms with Crippen LogP contribution in [0.3, 0.4) is 0 Å². The van der Waals surface area contributed by atoms with Crippen molar-refractivity contribution in [2.24, 2.45) is 17.6 Å². The molecule has 4 N–H and O–H groups in total. The summed E-state index contributed by atoms with van der Waals surface area (Å²) < 4.78 is 16.4. The lowest BCUT2D eigenvalue weighted by molar-refractivity contribution is -0.121. The average molecular weight is 481 g/mol. The van der Waals surface area contributed by atoms with Crippen molar-refractivity contribution in [1.29, 1.82) is 0 Å². The lowest BCUT2D eigenvalue weighted by atomic mass is 9.83. The first-order valence-corrected chi connectivity index (χ1v) is 12.8. The molecule has 0 aliphatic heterocycles. The molecule has 0 radical (unpaired) electrons. The summed E-state index contributed by atoms with van der Waals surface area (Å²) in [5.41, 5.74) is 7.49. The smallest absolute Gasteiger partial charge is 0.220 e. The van der Waals surface area contributed by atoms with Crippen LogP contribution in [-0.4, -0.2) is 57.1 Å². The first-order chi connectivity index (χ1) is 16.3. The van der Waals surface area contributed by atoms with Crippen LogP contribution in [0.25, 0.3) is 0 Å². The van der Waals surface area contributed by atoms with Gasteiger partial charge in [0, 0.05) is 39.1 Å². The molecule has 0 aliphatic carbocycles. The number of carbonyl (C=O) groups excluding carboxylic acids is 1. The third kappa shape index (κ3) is 12.0. The van der Waals surface area contributed by atoms with Gasteiger partial charge in [-0.05, 0) is 48.8 Å². The average Bonchev–Trinajstić information content (AvgIpc) is 2.82. The molecule has 0 bridgehead atoms. The number of unbranched alkanes of at least 4 members (excludes halogenated alkanes) is 3. The highest BCUT2D eigenvalue weighted by atomic mass is 16.5. The van der Waals surface area contributed by atoms with E-state index in [0.29, 0.717) is 37.7 Å². The summed E-state index contributed by atoms with van der Waals surface area (Å²) >= 11 is 0. The Bertz CT molecular complexity index is 683. The molecule has 7 nitrogen and oxygen atoms in total. The fourth-order valence-corrected chi connectivity index (χ4v) is 3.92. The van der Waals surface area contributed by atoms with E-state index in [9.17, 15) is 9.90 Å². The van der Waals surface area contributed by atoms with Gasteiger partial charge in [0.1, 0.15) is 0 Å². The van der Waals surface area contributed by atoms with Gasteiger partial charge in [-0.15, -0.1) is 0 Å². The second-order valence-corrected chi connectivity index (χ2v) is 9.47. The third-order valence-electron chi connectivity index (χ3n) is 6.25. The number of hydrogen-bond donors (Lipinski definition) is 3. The Labute approximate surface area is 206 Å². The van der Waals surface area contributed by atoms with Gasteiger partial charge in [0.25, 0.3) is 0 Å². The van der Waals surface area contributed by atoms with Crippen molar-refractivity contribution in [3.8, 4) is 11.5 Å². The minimum atomic E-state index is -0.767. The monoisotopic (exact) mass is 480 g/mol. The van der Waals surface area contributed by atoms with Crippen LogP contribution in [-0.2, 0) is 16.0 Å². The van der Waals surface area contributed by atoms with Crippen molar-refractivity contribution in [3.63, 3.8) is 0 Å². The summed E-state index contributed by atoms with van der Waals surface area (Å²) in [6, 6.07) is 5.61. The predicted molar refractivity (Wildman–Crippen MR) is 137 cm³/mol. The van der Waals surface area contributed by atoms with Gasteiger partial charge in [0.05, 0.1) is 19.8 Å². The normalized spacial score (nSPS) is 14.0. The number of nitrogens with two attached hydrogens (primary N) is 1. The van der Waals surface area contributed by atoms with Gasteiger partial charge in [0.15, 0.2) is 11.5 Å². The van der Waals surface area contributed by atoms with Crippen LogP contribution in [0, 0.1) is 11.8 Å². The maximum Gasteiger partial charge on any atom is 0.220 e. The number of ether oxygens (including phenoxy) is 3. The van der Waals surface area contributed by atoms with Gasteiger partial charge in [0.2, 0.25) is 5.91 Å². The molecule has 3 atom stereocenters. The van der Waals surface area contributed by atoms with Crippen LogP contribution in [0.1, 0.15) is 71.3 Å². The van der Waals surface area contributed by atoms with Gasteiger partial charge in [-0.25, -0.2) is 0 Å². The van der Waals surface area contributed by atoms with E-state index in [1.165, 1.54) is 0 Å². The molecule has 196 valence electrons. The third-order valence-corrected chi connectivity index (χ3v) is 6.25. The van der Waals surface area contributed by atoms with Gasteiger partial charge < -0.3 is 30.4 Å². The van der Waals surface area contributed by atoms with Crippen molar-refractivity contribution in [3.05, 3.63) is 23.8 Å². The Morgan fingerprint density at radius 3 is 2.50 bits per heavy atom. The number of aliphatic hydroxyl groups excluding tert-OH is 1. The number of amides is 1. The number of rotatable bonds is 19. The van der Waals surface area contributed by atoms with Crippen LogP contribution >= 0.6 is 0 Å². The summed E-state index contributed by atoms with van der Waals surface area (Å²) in [4.78, 5) is 12.0. The van der Waals surface area contributed by atoms with Crippen molar-refractivity contribution < 1.29 is 24.1 Å². The Morgan fingerprint density at radius 2 is 1.85 bits per heavy atom. The highest BCUT2D eigenvalue weighted by Crippen LogP contribution is 2.31. The lowest BCUT2D eigenvalue weighted by Gasteiger charge is -2.27. The van der Waals surface area contributed by atoms with Crippen LogP contribution in [0.4, 0.5) is 0 Å². The lowest BCUT2D eigenvalue weighted by Crippen LogP contribution is -2.44. The van der Waals surface area contributed by atoms with Gasteiger partial charge in [-0.3, -0.25) is 4.79 Å². The highest BCUT2D eigenvalue weighted by molar-refractivity contribution is 5.75.